The summed E-state index contributed by atoms with van der Waals surface area (Å²) in [6.07, 6.45) is 9.09. The van der Waals surface area contributed by atoms with Crippen LogP contribution in [-0.2, 0) is 4.74 Å². The van der Waals surface area contributed by atoms with Crippen LogP contribution in [0.5, 0.6) is 0 Å². The van der Waals surface area contributed by atoms with Crippen LogP contribution in [0, 0.1) is 0 Å². The Bertz CT molecular complexity index is 345. The van der Waals surface area contributed by atoms with Crippen LogP contribution in [0.3, 0.4) is 0 Å². The third kappa shape index (κ3) is 12.3. The minimum atomic E-state index is 0. The maximum atomic E-state index is 5.91. The van der Waals surface area contributed by atoms with Gasteiger partial charge >= 0.3 is 0 Å². The van der Waals surface area contributed by atoms with E-state index in [9.17, 15) is 0 Å². The van der Waals surface area contributed by atoms with E-state index in [1.165, 1.54) is 45.1 Å². The molecule has 0 aliphatic heterocycles. The van der Waals surface area contributed by atoms with Crippen molar-refractivity contribution in [3.8, 4) is 0 Å². The molecule has 0 saturated heterocycles. The summed E-state index contributed by atoms with van der Waals surface area (Å²) < 4.78 is 5.91. The highest BCUT2D eigenvalue weighted by Gasteiger charge is 2.14. The first-order valence-corrected chi connectivity index (χ1v) is 10.6. The summed E-state index contributed by atoms with van der Waals surface area (Å²) in [5, 5.41) is 6.89. The van der Waals surface area contributed by atoms with Crippen LogP contribution >= 0.6 is 24.0 Å². The highest BCUT2D eigenvalue weighted by atomic mass is 127. The molecule has 1 saturated carbocycles. The van der Waals surface area contributed by atoms with Crippen LogP contribution in [0.2, 0.25) is 0 Å². The van der Waals surface area contributed by atoms with E-state index in [0.29, 0.717) is 12.1 Å². The van der Waals surface area contributed by atoms with Crippen molar-refractivity contribution in [2.24, 2.45) is 4.99 Å². The van der Waals surface area contributed by atoms with E-state index in [2.05, 4.69) is 43.2 Å². The molecule has 0 amide bonds. The number of guanidine groups is 1. The van der Waals surface area contributed by atoms with Crippen molar-refractivity contribution < 1.29 is 4.74 Å². The largest absolute Gasteiger partial charge is 0.378 e. The van der Waals surface area contributed by atoms with Crippen molar-refractivity contribution in [2.75, 3.05) is 39.3 Å². The van der Waals surface area contributed by atoms with Gasteiger partial charge in [-0.15, -0.1) is 24.0 Å². The second-order valence-electron chi connectivity index (χ2n) is 7.11. The highest BCUT2D eigenvalue weighted by molar-refractivity contribution is 14.0. The Kier molecular flexibility index (Phi) is 17.0. The zero-order valence-electron chi connectivity index (χ0n) is 17.6. The Labute approximate surface area is 179 Å². The van der Waals surface area contributed by atoms with Gasteiger partial charge in [0, 0.05) is 25.7 Å². The number of hydrogen-bond donors (Lipinski definition) is 2. The molecule has 0 heterocycles. The normalized spacial score (nSPS) is 16.6. The van der Waals surface area contributed by atoms with Gasteiger partial charge in [-0.1, -0.05) is 26.7 Å². The zero-order valence-corrected chi connectivity index (χ0v) is 19.9. The van der Waals surface area contributed by atoms with Crippen LogP contribution in [0.1, 0.15) is 72.6 Å². The Morgan fingerprint density at radius 1 is 1.15 bits per heavy atom. The Morgan fingerprint density at radius 3 is 2.46 bits per heavy atom. The van der Waals surface area contributed by atoms with Crippen molar-refractivity contribution >= 4 is 29.9 Å². The van der Waals surface area contributed by atoms with Crippen LogP contribution in [-0.4, -0.2) is 62.3 Å². The molecule has 1 fully saturated rings. The maximum absolute atomic E-state index is 5.91. The first-order chi connectivity index (χ1) is 12.2. The smallest absolute Gasteiger partial charge is 0.191 e. The predicted molar refractivity (Wildman–Crippen MR) is 124 cm³/mol. The molecular formula is C20H43IN4O. The molecule has 0 aromatic heterocycles. The molecule has 1 rings (SSSR count). The molecular weight excluding hydrogens is 439 g/mol. The van der Waals surface area contributed by atoms with Gasteiger partial charge in [0.2, 0.25) is 0 Å². The lowest BCUT2D eigenvalue weighted by molar-refractivity contribution is 0.0579. The summed E-state index contributed by atoms with van der Waals surface area (Å²) in [4.78, 5) is 7.18. The van der Waals surface area contributed by atoms with E-state index >= 15 is 0 Å². The van der Waals surface area contributed by atoms with E-state index < -0.39 is 0 Å². The topological polar surface area (TPSA) is 48.9 Å². The van der Waals surface area contributed by atoms with Crippen molar-refractivity contribution in [2.45, 2.75) is 84.8 Å². The predicted octanol–water partition coefficient (Wildman–Crippen LogP) is 4.02. The number of nitrogens with zero attached hydrogens (tertiary/aromatic N) is 2. The average Bonchev–Trinajstić information content (AvgIpc) is 3.12. The first kappa shape index (κ1) is 25.9. The van der Waals surface area contributed by atoms with Crippen molar-refractivity contribution in [3.63, 3.8) is 0 Å². The molecule has 0 bridgehead atoms. The molecule has 156 valence electrons. The molecule has 0 spiro atoms. The number of nitrogens with one attached hydrogen (secondary N) is 2. The Morgan fingerprint density at radius 2 is 1.85 bits per heavy atom. The second kappa shape index (κ2) is 17.0. The van der Waals surface area contributed by atoms with Crippen LogP contribution in [0.15, 0.2) is 4.99 Å². The Balaban J connectivity index is 0.00000625. The molecule has 1 atom stereocenters. The van der Waals surface area contributed by atoms with Crippen molar-refractivity contribution in [3.05, 3.63) is 0 Å². The fourth-order valence-corrected chi connectivity index (χ4v) is 3.35. The Hall–Kier alpha value is -0.0800. The summed E-state index contributed by atoms with van der Waals surface area (Å²) in [6, 6.07) is 0.447. The summed E-state index contributed by atoms with van der Waals surface area (Å²) in [7, 11) is 0. The van der Waals surface area contributed by atoms with Crippen molar-refractivity contribution in [1.29, 1.82) is 0 Å². The van der Waals surface area contributed by atoms with Gasteiger partial charge in [0.25, 0.3) is 0 Å². The van der Waals surface area contributed by atoms with Gasteiger partial charge in [-0.05, 0) is 65.6 Å². The molecule has 5 nitrogen and oxygen atoms in total. The van der Waals surface area contributed by atoms with E-state index in [4.69, 9.17) is 9.73 Å². The standard InChI is InChI=1S/C20H42N4O.HI/c1-5-21-20(22-15-11-17-25-19-13-8-9-14-19)23-18(4)12-10-16-24(6-2)7-3;/h18-19H,5-17H2,1-4H3,(H2,21,22,23);1H. The van der Waals surface area contributed by atoms with Gasteiger partial charge in [-0.3, -0.25) is 4.99 Å². The molecule has 0 radical (unpaired) electrons. The van der Waals surface area contributed by atoms with Gasteiger partial charge in [-0.25, -0.2) is 0 Å². The molecule has 1 aliphatic rings. The molecule has 6 heteroatoms. The van der Waals surface area contributed by atoms with Gasteiger partial charge in [0.1, 0.15) is 0 Å². The molecule has 26 heavy (non-hydrogen) atoms. The average molecular weight is 482 g/mol. The third-order valence-corrected chi connectivity index (χ3v) is 4.96. The van der Waals surface area contributed by atoms with Gasteiger partial charge in [0.15, 0.2) is 5.96 Å². The number of ether oxygens (including phenoxy) is 1. The first-order valence-electron chi connectivity index (χ1n) is 10.6. The highest BCUT2D eigenvalue weighted by Crippen LogP contribution is 2.20. The third-order valence-electron chi connectivity index (χ3n) is 4.96. The van der Waals surface area contributed by atoms with Gasteiger partial charge in [0.05, 0.1) is 6.10 Å². The number of halogens is 1. The van der Waals surface area contributed by atoms with Crippen LogP contribution in [0.25, 0.3) is 0 Å². The summed E-state index contributed by atoms with van der Waals surface area (Å²) in [5.74, 6) is 0.943. The summed E-state index contributed by atoms with van der Waals surface area (Å²) >= 11 is 0. The van der Waals surface area contributed by atoms with Crippen molar-refractivity contribution in [1.82, 2.24) is 15.5 Å². The summed E-state index contributed by atoms with van der Waals surface area (Å²) in [5.41, 5.74) is 0. The van der Waals surface area contributed by atoms with Crippen LogP contribution in [0.4, 0.5) is 0 Å². The molecule has 0 aromatic rings. The van der Waals surface area contributed by atoms with Gasteiger partial charge in [-0.2, -0.15) is 0 Å². The quantitative estimate of drug-likeness (QED) is 0.180. The lowest BCUT2D eigenvalue weighted by Crippen LogP contribution is -2.42. The lowest BCUT2D eigenvalue weighted by Gasteiger charge is -2.21. The minimum absolute atomic E-state index is 0. The summed E-state index contributed by atoms with van der Waals surface area (Å²) in [6.45, 7) is 14.9. The minimum Gasteiger partial charge on any atom is -0.378 e. The maximum Gasteiger partial charge on any atom is 0.191 e. The van der Waals surface area contributed by atoms with E-state index in [-0.39, 0.29) is 24.0 Å². The van der Waals surface area contributed by atoms with E-state index in [1.807, 2.05) is 0 Å². The number of hydrogen-bond acceptors (Lipinski definition) is 3. The molecule has 0 aromatic carbocycles. The molecule has 1 unspecified atom stereocenters. The monoisotopic (exact) mass is 482 g/mol. The number of rotatable bonds is 13. The van der Waals surface area contributed by atoms with Gasteiger partial charge < -0.3 is 20.3 Å². The van der Waals surface area contributed by atoms with E-state index in [0.717, 1.165) is 45.2 Å². The molecule has 2 N–H and O–H groups in total. The number of aliphatic imine (C=N–C) groups is 1. The lowest BCUT2D eigenvalue weighted by atomic mass is 10.2. The zero-order chi connectivity index (χ0) is 18.3. The fourth-order valence-electron chi connectivity index (χ4n) is 3.35. The second-order valence-corrected chi connectivity index (χ2v) is 7.11. The van der Waals surface area contributed by atoms with Crippen LogP contribution < -0.4 is 10.6 Å². The van der Waals surface area contributed by atoms with E-state index in [1.54, 1.807) is 0 Å². The SMILES string of the molecule is CCNC(=NCCCOC1CCCC1)NC(C)CCCN(CC)CC.I. The fraction of sp³-hybridized carbons (Fsp3) is 0.950. The molecule has 1 aliphatic carbocycles.